The van der Waals surface area contributed by atoms with E-state index in [2.05, 4.69) is 16.4 Å². The predicted molar refractivity (Wildman–Crippen MR) is 123 cm³/mol. The van der Waals surface area contributed by atoms with E-state index in [-0.39, 0.29) is 6.61 Å². The number of amides is 1. The number of hydrogen-bond acceptors (Lipinski definition) is 5. The Morgan fingerprint density at radius 1 is 0.906 bits per heavy atom. The molecule has 3 aromatic rings. The number of hydrogen-bond donors (Lipinski definition) is 1. The van der Waals surface area contributed by atoms with Crippen LogP contribution in [0, 0.1) is 0 Å². The van der Waals surface area contributed by atoms with Crippen LogP contribution in [0.3, 0.4) is 0 Å². The molecule has 2 aromatic carbocycles. The summed E-state index contributed by atoms with van der Waals surface area (Å²) in [5, 5.41) is 2.72. The fourth-order valence-electron chi connectivity index (χ4n) is 3.45. The van der Waals surface area contributed by atoms with E-state index in [9.17, 15) is 4.79 Å². The number of aromatic nitrogens is 1. The lowest BCUT2D eigenvalue weighted by Gasteiger charge is -2.17. The maximum atomic E-state index is 12.3. The van der Waals surface area contributed by atoms with E-state index in [0.717, 1.165) is 28.8 Å². The first-order valence-electron chi connectivity index (χ1n) is 10.6. The molecule has 0 radical (unpaired) electrons. The third kappa shape index (κ3) is 6.26. The summed E-state index contributed by atoms with van der Waals surface area (Å²) in [7, 11) is 0. The van der Waals surface area contributed by atoms with Crippen LogP contribution in [-0.2, 0) is 34.0 Å². The van der Waals surface area contributed by atoms with E-state index >= 15 is 0 Å². The molecule has 2 heterocycles. The topological polar surface area (TPSA) is 69.7 Å². The minimum absolute atomic E-state index is 0.199. The zero-order valence-corrected chi connectivity index (χ0v) is 17.8. The van der Waals surface area contributed by atoms with Crippen molar-refractivity contribution >= 4 is 17.5 Å². The first kappa shape index (κ1) is 21.7. The largest absolute Gasteiger partial charge is 0.444 e. The number of pyridine rings is 1. The van der Waals surface area contributed by atoms with Gasteiger partial charge in [0.1, 0.15) is 12.4 Å². The van der Waals surface area contributed by atoms with Crippen LogP contribution < -0.4 is 5.32 Å². The van der Waals surface area contributed by atoms with Crippen molar-refractivity contribution < 1.29 is 19.0 Å². The van der Waals surface area contributed by atoms with Crippen molar-refractivity contribution in [1.29, 1.82) is 0 Å². The minimum atomic E-state index is -0.546. The summed E-state index contributed by atoms with van der Waals surface area (Å²) in [4.78, 5) is 16.9. The minimum Gasteiger partial charge on any atom is -0.444 e. The number of ether oxygens (including phenoxy) is 3. The number of carbonyl (C=O) groups is 1. The third-order valence-corrected chi connectivity index (χ3v) is 5.08. The van der Waals surface area contributed by atoms with E-state index in [4.69, 9.17) is 14.2 Å². The van der Waals surface area contributed by atoms with Crippen LogP contribution in [0.1, 0.15) is 28.8 Å². The molecule has 6 nitrogen and oxygen atoms in total. The summed E-state index contributed by atoms with van der Waals surface area (Å²) >= 11 is 0. The number of anilines is 1. The molecule has 1 N–H and O–H groups in total. The predicted octanol–water partition coefficient (Wildman–Crippen LogP) is 5.35. The normalized spacial score (nSPS) is 13.3. The molecule has 1 aliphatic heterocycles. The highest BCUT2D eigenvalue weighted by Crippen LogP contribution is 2.26. The Hall–Kier alpha value is -3.48. The first-order chi connectivity index (χ1) is 15.8. The van der Waals surface area contributed by atoms with Gasteiger partial charge in [-0.05, 0) is 35.3 Å². The van der Waals surface area contributed by atoms with Gasteiger partial charge in [-0.15, -0.1) is 0 Å². The van der Waals surface area contributed by atoms with Crippen LogP contribution in [0.4, 0.5) is 10.6 Å². The molecule has 32 heavy (non-hydrogen) atoms. The number of nitrogens with one attached hydrogen (secondary N) is 1. The highest BCUT2D eigenvalue weighted by atomic mass is 16.5. The zero-order chi connectivity index (χ0) is 22.0. The van der Waals surface area contributed by atoms with Crippen molar-refractivity contribution in [2.24, 2.45) is 0 Å². The van der Waals surface area contributed by atoms with Crippen molar-refractivity contribution in [3.8, 4) is 0 Å². The van der Waals surface area contributed by atoms with Crippen molar-refractivity contribution in [1.82, 2.24) is 4.98 Å². The van der Waals surface area contributed by atoms with E-state index < -0.39 is 6.09 Å². The number of rotatable bonds is 8. The number of benzene rings is 2. The summed E-state index contributed by atoms with van der Waals surface area (Å²) in [5.41, 5.74) is 4.99. The molecule has 0 atom stereocenters. The Bertz CT molecular complexity index is 1050. The molecule has 4 rings (SSSR count). The van der Waals surface area contributed by atoms with E-state index in [1.165, 1.54) is 5.57 Å². The fraction of sp³-hybridized carbons (Fsp3) is 0.231. The van der Waals surface area contributed by atoms with Crippen molar-refractivity contribution in [2.45, 2.75) is 26.2 Å². The molecule has 0 spiro atoms. The third-order valence-electron chi connectivity index (χ3n) is 5.08. The van der Waals surface area contributed by atoms with Crippen LogP contribution >= 0.6 is 0 Å². The maximum Gasteiger partial charge on any atom is 0.413 e. The Labute approximate surface area is 187 Å². The van der Waals surface area contributed by atoms with Gasteiger partial charge in [0, 0.05) is 5.56 Å². The fourth-order valence-corrected chi connectivity index (χ4v) is 3.45. The second-order valence-electron chi connectivity index (χ2n) is 7.41. The van der Waals surface area contributed by atoms with Crippen molar-refractivity contribution in [2.75, 3.05) is 18.5 Å². The van der Waals surface area contributed by atoms with Gasteiger partial charge < -0.3 is 14.2 Å². The molecule has 0 bridgehead atoms. The van der Waals surface area contributed by atoms with Gasteiger partial charge in [-0.1, -0.05) is 66.7 Å². The lowest BCUT2D eigenvalue weighted by molar-refractivity contribution is 0.104. The number of nitrogens with zero attached hydrogens (tertiary/aromatic N) is 1. The summed E-state index contributed by atoms with van der Waals surface area (Å²) in [5.74, 6) is 0.429. The molecular weight excluding hydrogens is 404 g/mol. The average Bonchev–Trinajstić information content (AvgIpc) is 2.85. The molecule has 1 aromatic heterocycles. The standard InChI is InChI=1S/C26H26N2O4/c29-26(32-18-21-9-5-2-6-10-21)28-25-12-11-23(22-13-15-30-16-14-22)24(27-25)19-31-17-20-7-3-1-4-8-20/h1-13H,14-19H2,(H,27,28,29). The van der Waals surface area contributed by atoms with Gasteiger partial charge in [-0.25, -0.2) is 9.78 Å². The molecular formula is C26H26N2O4. The SMILES string of the molecule is O=C(Nc1ccc(C2=CCOCC2)c(COCc2ccccc2)n1)OCc1ccccc1. The molecule has 1 aliphatic rings. The summed E-state index contributed by atoms with van der Waals surface area (Å²) < 4.78 is 16.7. The van der Waals surface area contributed by atoms with E-state index in [1.807, 2.05) is 66.7 Å². The van der Waals surface area contributed by atoms with Gasteiger partial charge in [0.15, 0.2) is 0 Å². The summed E-state index contributed by atoms with van der Waals surface area (Å²) in [6.07, 6.45) is 2.34. The Morgan fingerprint density at radius 2 is 1.62 bits per heavy atom. The maximum absolute atomic E-state index is 12.3. The second kappa shape index (κ2) is 11.2. The van der Waals surface area contributed by atoms with Gasteiger partial charge >= 0.3 is 6.09 Å². The van der Waals surface area contributed by atoms with E-state index in [0.29, 0.717) is 32.2 Å². The summed E-state index contributed by atoms with van der Waals surface area (Å²) in [6.45, 7) is 2.29. The molecule has 164 valence electrons. The highest BCUT2D eigenvalue weighted by Gasteiger charge is 2.15. The zero-order valence-electron chi connectivity index (χ0n) is 17.8. The average molecular weight is 431 g/mol. The van der Waals surface area contributed by atoms with Crippen molar-refractivity contribution in [3.05, 3.63) is 101 Å². The monoisotopic (exact) mass is 430 g/mol. The molecule has 0 unspecified atom stereocenters. The van der Waals surface area contributed by atoms with E-state index in [1.54, 1.807) is 6.07 Å². The number of carbonyl (C=O) groups excluding carboxylic acids is 1. The Kier molecular flexibility index (Phi) is 7.63. The second-order valence-corrected chi connectivity index (χ2v) is 7.41. The molecule has 6 heteroatoms. The van der Waals surface area contributed by atoms with Crippen LogP contribution in [0.25, 0.3) is 5.57 Å². The first-order valence-corrected chi connectivity index (χ1v) is 10.6. The molecule has 1 amide bonds. The Morgan fingerprint density at radius 3 is 2.31 bits per heavy atom. The van der Waals surface area contributed by atoms with Gasteiger partial charge in [0.05, 0.1) is 32.1 Å². The van der Waals surface area contributed by atoms with Gasteiger partial charge in [0.25, 0.3) is 0 Å². The quantitative estimate of drug-likeness (QED) is 0.522. The van der Waals surface area contributed by atoms with Gasteiger partial charge in [-0.2, -0.15) is 0 Å². The highest BCUT2D eigenvalue weighted by molar-refractivity contribution is 5.83. The molecule has 0 saturated carbocycles. The van der Waals surface area contributed by atoms with Gasteiger partial charge in [-0.3, -0.25) is 5.32 Å². The van der Waals surface area contributed by atoms with Crippen LogP contribution in [0.2, 0.25) is 0 Å². The van der Waals surface area contributed by atoms with Crippen LogP contribution in [-0.4, -0.2) is 24.3 Å². The molecule has 0 fully saturated rings. The molecule has 0 aliphatic carbocycles. The molecule has 0 saturated heterocycles. The van der Waals surface area contributed by atoms with Gasteiger partial charge in [0.2, 0.25) is 0 Å². The Balaban J connectivity index is 1.43. The smallest absolute Gasteiger partial charge is 0.413 e. The van der Waals surface area contributed by atoms with Crippen molar-refractivity contribution in [3.63, 3.8) is 0 Å². The summed E-state index contributed by atoms with van der Waals surface area (Å²) in [6, 6.07) is 23.3. The lowest BCUT2D eigenvalue weighted by Crippen LogP contribution is -2.16. The van der Waals surface area contributed by atoms with Crippen LogP contribution in [0.5, 0.6) is 0 Å². The van der Waals surface area contributed by atoms with Crippen LogP contribution in [0.15, 0.2) is 78.9 Å². The lowest BCUT2D eigenvalue weighted by atomic mass is 10.00.